The van der Waals surface area contributed by atoms with Gasteiger partial charge in [-0.25, -0.2) is 0 Å². The number of nitrogens with zero attached hydrogens (tertiary/aromatic N) is 2. The minimum atomic E-state index is -4.56. The molecule has 0 atom stereocenters. The molecule has 1 heterocycles. The van der Waals surface area contributed by atoms with Crippen molar-refractivity contribution in [1.29, 1.82) is 0 Å². The summed E-state index contributed by atoms with van der Waals surface area (Å²) in [6.07, 6.45) is 1.56. The molecule has 0 aromatic heterocycles. The second-order valence-electron chi connectivity index (χ2n) is 7.29. The van der Waals surface area contributed by atoms with Gasteiger partial charge in [0, 0.05) is 6.07 Å². The van der Waals surface area contributed by atoms with Crippen LogP contribution in [0.4, 0.5) is 11.4 Å². The molecule has 1 fully saturated rings. The Morgan fingerprint density at radius 1 is 1.05 bits per heavy atom. The van der Waals surface area contributed by atoms with Gasteiger partial charge in [-0.2, -0.15) is 8.42 Å². The largest absolute Gasteiger partial charge is 0.493 e. The number of amides is 1. The molecule has 3 aromatic rings. The van der Waals surface area contributed by atoms with Gasteiger partial charge in [0.2, 0.25) is 0 Å². The minimum Gasteiger partial charge on any atom is -0.493 e. The normalized spacial score (nSPS) is 14.8. The van der Waals surface area contributed by atoms with Crippen molar-refractivity contribution in [2.45, 2.75) is 4.90 Å². The van der Waals surface area contributed by atoms with Crippen LogP contribution in [0.3, 0.4) is 0 Å². The van der Waals surface area contributed by atoms with Gasteiger partial charge in [0.05, 0.1) is 32.7 Å². The average molecular weight is 597 g/mol. The van der Waals surface area contributed by atoms with Crippen LogP contribution in [0.25, 0.3) is 6.08 Å². The van der Waals surface area contributed by atoms with Gasteiger partial charge in [0.25, 0.3) is 11.6 Å². The van der Waals surface area contributed by atoms with Crippen LogP contribution in [0.5, 0.6) is 11.5 Å². The molecule has 0 radical (unpaired) electrons. The number of halogens is 2. The maximum Gasteiger partial charge on any atom is 0.346 e. The fourth-order valence-corrected chi connectivity index (χ4v) is 5.99. The lowest BCUT2D eigenvalue weighted by atomic mass is 10.2. The summed E-state index contributed by atoms with van der Waals surface area (Å²) in [7, 11) is -3.26. The number of benzene rings is 3. The first-order valence-corrected chi connectivity index (χ1v) is 13.5. The lowest BCUT2D eigenvalue weighted by Gasteiger charge is -2.15. The van der Waals surface area contributed by atoms with Gasteiger partial charge in [-0.1, -0.05) is 65.4 Å². The Hall–Kier alpha value is -3.16. The number of hydrogen-bond acceptors (Lipinski definition) is 9. The van der Waals surface area contributed by atoms with E-state index >= 15 is 0 Å². The highest BCUT2D eigenvalue weighted by Gasteiger charge is 2.34. The first-order chi connectivity index (χ1) is 17.5. The van der Waals surface area contributed by atoms with E-state index in [4.69, 9.17) is 44.3 Å². The SMILES string of the molecule is COc1cc(/C=C2/SC(=S)N(c3ccc(Cl)c(Cl)c3)C2=O)ccc1OS(=O)(=O)c1ccccc1[N+](=O)[O-]. The summed E-state index contributed by atoms with van der Waals surface area (Å²) in [4.78, 5) is 24.5. The number of anilines is 1. The van der Waals surface area contributed by atoms with E-state index in [1.165, 1.54) is 48.4 Å². The molecule has 4 rings (SSSR count). The molecule has 0 unspecified atom stereocenters. The number of hydrogen-bond donors (Lipinski definition) is 0. The van der Waals surface area contributed by atoms with Gasteiger partial charge in [-0.3, -0.25) is 19.8 Å². The number of rotatable bonds is 7. The number of para-hydroxylation sites is 1. The molecule has 1 aliphatic rings. The van der Waals surface area contributed by atoms with Crippen LogP contribution in [-0.4, -0.2) is 30.7 Å². The molecule has 9 nitrogen and oxygen atoms in total. The molecule has 0 N–H and O–H groups in total. The predicted octanol–water partition coefficient (Wildman–Crippen LogP) is 6.08. The van der Waals surface area contributed by atoms with Crippen LogP contribution in [0.15, 0.2) is 70.5 Å². The number of nitro groups is 1. The van der Waals surface area contributed by atoms with E-state index in [9.17, 15) is 23.3 Å². The van der Waals surface area contributed by atoms with Crippen molar-refractivity contribution < 1.29 is 27.1 Å². The lowest BCUT2D eigenvalue weighted by Crippen LogP contribution is -2.27. The number of ether oxygens (including phenoxy) is 1. The van der Waals surface area contributed by atoms with Crippen molar-refractivity contribution in [3.63, 3.8) is 0 Å². The summed E-state index contributed by atoms with van der Waals surface area (Å²) < 4.78 is 36.3. The maximum absolute atomic E-state index is 13.1. The van der Waals surface area contributed by atoms with Gasteiger partial charge in [-0.05, 0) is 48.0 Å². The molecule has 3 aromatic carbocycles. The molecular formula is C23H14Cl2N2O7S3. The Kier molecular flexibility index (Phi) is 7.76. The molecule has 14 heteroatoms. The number of thioether (sulfide) groups is 1. The van der Waals surface area contributed by atoms with Crippen molar-refractivity contribution in [3.05, 3.63) is 91.3 Å². The van der Waals surface area contributed by atoms with Crippen molar-refractivity contribution in [2.75, 3.05) is 12.0 Å². The van der Waals surface area contributed by atoms with E-state index in [2.05, 4.69) is 0 Å². The summed E-state index contributed by atoms with van der Waals surface area (Å²) in [5.74, 6) is -0.552. The third-order valence-electron chi connectivity index (χ3n) is 4.97. The number of methoxy groups -OCH3 is 1. The third-order valence-corrected chi connectivity index (χ3v) is 8.30. The van der Waals surface area contributed by atoms with Crippen LogP contribution >= 0.6 is 47.2 Å². The number of thiocarbonyl (C=S) groups is 1. The van der Waals surface area contributed by atoms with E-state index in [0.29, 0.717) is 21.2 Å². The van der Waals surface area contributed by atoms with E-state index in [1.807, 2.05) is 0 Å². The van der Waals surface area contributed by atoms with Gasteiger partial charge in [0.1, 0.15) is 0 Å². The quantitative estimate of drug-likeness (QED) is 0.105. The molecule has 1 aliphatic heterocycles. The van der Waals surface area contributed by atoms with Crippen LogP contribution in [0.2, 0.25) is 10.0 Å². The van der Waals surface area contributed by atoms with Crippen molar-refractivity contribution >= 4 is 85.0 Å². The zero-order valence-corrected chi connectivity index (χ0v) is 22.5. The predicted molar refractivity (Wildman–Crippen MR) is 146 cm³/mol. The molecule has 0 spiro atoms. The standard InChI is InChI=1S/C23H14Cl2N2O7S3/c1-33-19-10-13(6-9-18(19)34-37(31,32)21-5-3-2-4-17(21)27(29)30)11-20-22(28)26(23(35)36-20)14-7-8-15(24)16(25)12-14/h2-12H,1H3/b20-11+. The number of carbonyl (C=O) groups is 1. The fraction of sp³-hybridized carbons (Fsp3) is 0.0435. The topological polar surface area (TPSA) is 116 Å². The monoisotopic (exact) mass is 596 g/mol. The smallest absolute Gasteiger partial charge is 0.346 e. The Morgan fingerprint density at radius 2 is 1.78 bits per heavy atom. The van der Waals surface area contributed by atoms with E-state index in [0.717, 1.165) is 23.9 Å². The highest BCUT2D eigenvalue weighted by Crippen LogP contribution is 2.39. The average Bonchev–Trinajstić information content (AvgIpc) is 3.14. The first kappa shape index (κ1) is 26.9. The summed E-state index contributed by atoms with van der Waals surface area (Å²) in [6.45, 7) is 0. The molecule has 190 valence electrons. The summed E-state index contributed by atoms with van der Waals surface area (Å²) >= 11 is 18.5. The van der Waals surface area contributed by atoms with Crippen LogP contribution in [-0.2, 0) is 14.9 Å². The van der Waals surface area contributed by atoms with E-state index < -0.39 is 25.6 Å². The number of carbonyl (C=O) groups excluding carboxylic acids is 1. The van der Waals surface area contributed by atoms with Crippen molar-refractivity contribution in [3.8, 4) is 11.5 Å². The fourth-order valence-electron chi connectivity index (χ4n) is 3.29. The zero-order chi connectivity index (χ0) is 26.9. The molecule has 0 aliphatic carbocycles. The van der Waals surface area contributed by atoms with Crippen molar-refractivity contribution in [2.24, 2.45) is 0 Å². The second kappa shape index (κ2) is 10.7. The number of nitro benzene ring substituents is 1. The first-order valence-electron chi connectivity index (χ1n) is 10.1. The van der Waals surface area contributed by atoms with Gasteiger partial charge in [-0.15, -0.1) is 0 Å². The Balaban J connectivity index is 1.62. The van der Waals surface area contributed by atoms with Gasteiger partial charge >= 0.3 is 10.1 Å². The highest BCUT2D eigenvalue weighted by atomic mass is 35.5. The van der Waals surface area contributed by atoms with E-state index in [1.54, 1.807) is 18.2 Å². The highest BCUT2D eigenvalue weighted by molar-refractivity contribution is 8.27. The summed E-state index contributed by atoms with van der Waals surface area (Å²) in [5.41, 5.74) is 0.325. The molecule has 37 heavy (non-hydrogen) atoms. The van der Waals surface area contributed by atoms with Crippen LogP contribution < -0.4 is 13.8 Å². The van der Waals surface area contributed by atoms with Gasteiger partial charge in [0.15, 0.2) is 20.7 Å². The second-order valence-corrected chi connectivity index (χ2v) is 11.3. The summed E-state index contributed by atoms with van der Waals surface area (Å²) in [5, 5.41) is 11.9. The van der Waals surface area contributed by atoms with Crippen molar-refractivity contribution in [1.82, 2.24) is 0 Å². The molecule has 1 saturated heterocycles. The molecule has 0 saturated carbocycles. The van der Waals surface area contributed by atoms with E-state index in [-0.39, 0.29) is 26.7 Å². The van der Waals surface area contributed by atoms with Gasteiger partial charge < -0.3 is 8.92 Å². The Morgan fingerprint density at radius 3 is 2.46 bits per heavy atom. The Labute approximate surface area is 230 Å². The lowest BCUT2D eigenvalue weighted by molar-refractivity contribution is -0.387. The van der Waals surface area contributed by atoms with Crippen LogP contribution in [0, 0.1) is 10.1 Å². The molecular weight excluding hydrogens is 583 g/mol. The third kappa shape index (κ3) is 5.58. The molecule has 1 amide bonds. The van der Waals surface area contributed by atoms with Crippen LogP contribution in [0.1, 0.15) is 5.56 Å². The Bertz CT molecular complexity index is 1590. The summed E-state index contributed by atoms with van der Waals surface area (Å²) in [6, 6.07) is 13.8. The minimum absolute atomic E-state index is 0.0240. The maximum atomic E-state index is 13.1. The molecule has 0 bridgehead atoms. The zero-order valence-electron chi connectivity index (χ0n) is 18.6.